The average Bonchev–Trinajstić information content (AvgIpc) is 2.73. The molecule has 0 amide bonds. The maximum atomic E-state index is 4.48. The highest BCUT2D eigenvalue weighted by Crippen LogP contribution is 2.16. The van der Waals surface area contributed by atoms with E-state index in [2.05, 4.69) is 62.3 Å². The first-order valence-corrected chi connectivity index (χ1v) is 10.7. The van der Waals surface area contributed by atoms with Gasteiger partial charge < -0.3 is 15.1 Å². The first kappa shape index (κ1) is 20.0. The lowest BCUT2D eigenvalue weighted by Gasteiger charge is -2.36. The number of benzene rings is 1. The number of piperazine rings is 1. The predicted octanol–water partition coefficient (Wildman–Crippen LogP) is 2.90. The van der Waals surface area contributed by atoms with Crippen LogP contribution in [0.25, 0.3) is 0 Å². The van der Waals surface area contributed by atoms with Crippen LogP contribution >= 0.6 is 0 Å². The van der Waals surface area contributed by atoms with Crippen molar-refractivity contribution in [2.75, 3.05) is 64.3 Å². The Morgan fingerprint density at radius 3 is 2.37 bits per heavy atom. The number of guanidine groups is 1. The summed E-state index contributed by atoms with van der Waals surface area (Å²) < 4.78 is 0. The van der Waals surface area contributed by atoms with E-state index in [1.54, 1.807) is 0 Å². The van der Waals surface area contributed by atoms with Gasteiger partial charge in [0.2, 0.25) is 0 Å². The predicted molar refractivity (Wildman–Crippen MR) is 116 cm³/mol. The van der Waals surface area contributed by atoms with Crippen molar-refractivity contribution in [3.8, 4) is 0 Å². The lowest BCUT2D eigenvalue weighted by molar-refractivity contribution is 0.252. The van der Waals surface area contributed by atoms with E-state index < -0.39 is 0 Å². The number of anilines is 1. The van der Waals surface area contributed by atoms with Crippen LogP contribution in [-0.4, -0.2) is 75.2 Å². The summed E-state index contributed by atoms with van der Waals surface area (Å²) in [5.74, 6) is 1.96. The molecule has 2 aliphatic heterocycles. The number of unbranched alkanes of at least 4 members (excludes halogenated alkanes) is 1. The molecule has 2 fully saturated rings. The molecule has 0 bridgehead atoms. The van der Waals surface area contributed by atoms with Crippen LogP contribution in [0.1, 0.15) is 32.6 Å². The fraction of sp³-hybridized carbons (Fsp3) is 0.682. The molecule has 5 heteroatoms. The van der Waals surface area contributed by atoms with Crippen molar-refractivity contribution < 1.29 is 0 Å². The van der Waals surface area contributed by atoms with Crippen molar-refractivity contribution in [2.24, 2.45) is 10.9 Å². The molecule has 0 radical (unpaired) electrons. The Labute approximate surface area is 165 Å². The van der Waals surface area contributed by atoms with Gasteiger partial charge in [-0.1, -0.05) is 25.1 Å². The molecule has 1 aromatic rings. The Kier molecular flexibility index (Phi) is 7.81. The maximum absolute atomic E-state index is 4.48. The zero-order chi connectivity index (χ0) is 18.9. The van der Waals surface area contributed by atoms with E-state index in [4.69, 9.17) is 0 Å². The Bertz CT molecular complexity index is 557. The van der Waals surface area contributed by atoms with Crippen molar-refractivity contribution in [3.05, 3.63) is 30.3 Å². The highest BCUT2D eigenvalue weighted by molar-refractivity contribution is 5.79. The molecule has 0 aromatic heterocycles. The number of hydrogen-bond donors (Lipinski definition) is 1. The van der Waals surface area contributed by atoms with E-state index in [0.717, 1.165) is 44.6 Å². The van der Waals surface area contributed by atoms with Gasteiger partial charge in [0.1, 0.15) is 0 Å². The minimum absolute atomic E-state index is 0.863. The number of piperidine rings is 1. The van der Waals surface area contributed by atoms with Gasteiger partial charge in [0.15, 0.2) is 5.96 Å². The second-order valence-electron chi connectivity index (χ2n) is 8.01. The van der Waals surface area contributed by atoms with E-state index >= 15 is 0 Å². The molecule has 2 aliphatic rings. The van der Waals surface area contributed by atoms with Gasteiger partial charge in [-0.15, -0.1) is 0 Å². The molecule has 0 saturated carbocycles. The molecule has 5 nitrogen and oxygen atoms in total. The number of aliphatic imine (C=N–C) groups is 1. The highest BCUT2D eigenvalue weighted by atomic mass is 15.3. The number of rotatable bonds is 6. The van der Waals surface area contributed by atoms with Crippen LogP contribution in [0, 0.1) is 5.92 Å². The number of nitrogens with one attached hydrogen (secondary N) is 1. The van der Waals surface area contributed by atoms with Gasteiger partial charge in [0.25, 0.3) is 0 Å². The van der Waals surface area contributed by atoms with E-state index in [1.165, 1.54) is 51.0 Å². The summed E-state index contributed by atoms with van der Waals surface area (Å²) in [6.45, 7) is 11.5. The molecular formula is C22H37N5. The van der Waals surface area contributed by atoms with Gasteiger partial charge in [0.05, 0.1) is 0 Å². The monoisotopic (exact) mass is 371 g/mol. The van der Waals surface area contributed by atoms with Crippen LogP contribution in [0.4, 0.5) is 5.69 Å². The van der Waals surface area contributed by atoms with Crippen molar-refractivity contribution in [1.82, 2.24) is 15.1 Å². The van der Waals surface area contributed by atoms with Crippen LogP contribution in [0.5, 0.6) is 0 Å². The largest absolute Gasteiger partial charge is 0.369 e. The summed E-state index contributed by atoms with van der Waals surface area (Å²) in [7, 11) is 1.91. The second-order valence-corrected chi connectivity index (χ2v) is 8.01. The second kappa shape index (κ2) is 10.5. The third kappa shape index (κ3) is 6.13. The summed E-state index contributed by atoms with van der Waals surface area (Å²) in [6, 6.07) is 10.8. The van der Waals surface area contributed by atoms with Crippen LogP contribution < -0.4 is 10.2 Å². The Morgan fingerprint density at radius 1 is 1.00 bits per heavy atom. The fourth-order valence-corrected chi connectivity index (χ4v) is 4.08. The van der Waals surface area contributed by atoms with E-state index in [0.29, 0.717) is 0 Å². The summed E-state index contributed by atoms with van der Waals surface area (Å²) in [4.78, 5) is 12.0. The molecular weight excluding hydrogens is 334 g/mol. The number of likely N-dealkylation sites (tertiary alicyclic amines) is 1. The van der Waals surface area contributed by atoms with Gasteiger partial charge in [0, 0.05) is 58.5 Å². The lowest BCUT2D eigenvalue weighted by atomic mass is 10.00. The molecule has 0 atom stereocenters. The average molecular weight is 372 g/mol. The normalized spacial score (nSPS) is 20.1. The van der Waals surface area contributed by atoms with E-state index in [9.17, 15) is 0 Å². The standard InChI is InChI=1S/C22H37N5/c1-20-10-14-27(15-11-20)22(23-2)24-12-6-7-13-25-16-18-26(19-17-25)21-8-4-3-5-9-21/h3-5,8-9,20H,6-7,10-19H2,1-2H3,(H,23,24). The van der Waals surface area contributed by atoms with Crippen molar-refractivity contribution in [3.63, 3.8) is 0 Å². The smallest absolute Gasteiger partial charge is 0.193 e. The number of nitrogens with zero attached hydrogens (tertiary/aromatic N) is 4. The third-order valence-corrected chi connectivity index (χ3v) is 5.97. The minimum Gasteiger partial charge on any atom is -0.369 e. The first-order chi connectivity index (χ1) is 13.3. The van der Waals surface area contributed by atoms with E-state index in [1.807, 2.05) is 7.05 Å². The topological polar surface area (TPSA) is 34.1 Å². The zero-order valence-electron chi connectivity index (χ0n) is 17.2. The summed E-state index contributed by atoms with van der Waals surface area (Å²) in [6.07, 6.45) is 5.04. The first-order valence-electron chi connectivity index (χ1n) is 10.7. The molecule has 3 rings (SSSR count). The van der Waals surface area contributed by atoms with Crippen LogP contribution in [0.2, 0.25) is 0 Å². The van der Waals surface area contributed by atoms with Crippen LogP contribution in [0.3, 0.4) is 0 Å². The van der Waals surface area contributed by atoms with Crippen LogP contribution in [-0.2, 0) is 0 Å². The molecule has 1 aromatic carbocycles. The molecule has 0 spiro atoms. The SMILES string of the molecule is CN=C(NCCCCN1CCN(c2ccccc2)CC1)N1CCC(C)CC1. The fourth-order valence-electron chi connectivity index (χ4n) is 4.08. The Balaban J connectivity index is 1.27. The quantitative estimate of drug-likeness (QED) is 0.474. The summed E-state index contributed by atoms with van der Waals surface area (Å²) in [5.41, 5.74) is 1.36. The molecule has 27 heavy (non-hydrogen) atoms. The van der Waals surface area contributed by atoms with Gasteiger partial charge in [-0.25, -0.2) is 0 Å². The summed E-state index contributed by atoms with van der Waals surface area (Å²) in [5, 5.41) is 3.57. The number of hydrogen-bond acceptors (Lipinski definition) is 3. The van der Waals surface area contributed by atoms with Crippen molar-refractivity contribution in [2.45, 2.75) is 32.6 Å². The number of para-hydroxylation sites is 1. The van der Waals surface area contributed by atoms with E-state index in [-0.39, 0.29) is 0 Å². The minimum atomic E-state index is 0.863. The van der Waals surface area contributed by atoms with Gasteiger partial charge in [-0.3, -0.25) is 9.89 Å². The molecule has 1 N–H and O–H groups in total. The lowest BCUT2D eigenvalue weighted by Crippen LogP contribution is -2.47. The molecule has 0 aliphatic carbocycles. The van der Waals surface area contributed by atoms with Gasteiger partial charge in [-0.2, -0.15) is 0 Å². The maximum Gasteiger partial charge on any atom is 0.193 e. The Morgan fingerprint density at radius 2 is 1.70 bits per heavy atom. The molecule has 0 unspecified atom stereocenters. The molecule has 2 heterocycles. The van der Waals surface area contributed by atoms with Crippen LogP contribution in [0.15, 0.2) is 35.3 Å². The Hall–Kier alpha value is -1.75. The van der Waals surface area contributed by atoms with Gasteiger partial charge in [-0.05, 0) is 50.3 Å². The van der Waals surface area contributed by atoms with Crippen molar-refractivity contribution in [1.29, 1.82) is 0 Å². The molecule has 2 saturated heterocycles. The third-order valence-electron chi connectivity index (χ3n) is 5.97. The summed E-state index contributed by atoms with van der Waals surface area (Å²) >= 11 is 0. The van der Waals surface area contributed by atoms with Crippen molar-refractivity contribution >= 4 is 11.6 Å². The molecule has 150 valence electrons. The highest BCUT2D eigenvalue weighted by Gasteiger charge is 2.19. The van der Waals surface area contributed by atoms with Gasteiger partial charge >= 0.3 is 0 Å². The zero-order valence-corrected chi connectivity index (χ0v) is 17.2.